The maximum absolute atomic E-state index is 12.9. The quantitative estimate of drug-likeness (QED) is 0.640. The number of piperidine rings is 1. The van der Waals surface area contributed by atoms with Crippen molar-refractivity contribution < 1.29 is 9.72 Å². The molecule has 2 aliphatic heterocycles. The number of carbonyl (C=O) groups is 1. The first-order valence-corrected chi connectivity index (χ1v) is 8.99. The van der Waals surface area contributed by atoms with Gasteiger partial charge in [-0.2, -0.15) is 0 Å². The minimum Gasteiger partial charge on any atom is -0.339 e. The van der Waals surface area contributed by atoms with Gasteiger partial charge in [-0.05, 0) is 37.2 Å². The molecular formula is C19H28ClN3O3. The highest BCUT2D eigenvalue weighted by atomic mass is 35.5. The van der Waals surface area contributed by atoms with Gasteiger partial charge in [-0.1, -0.05) is 26.8 Å². The molecule has 2 fully saturated rings. The van der Waals surface area contributed by atoms with E-state index in [-0.39, 0.29) is 40.4 Å². The molecule has 1 amide bonds. The number of carbonyl (C=O) groups excluding carboxylic acids is 1. The SMILES string of the molecule is CN(C(=O)c1ccc(C(C)(C)C)c([N+](=O)[O-])c1)C1CC2CCC(C1)N2.Cl. The number of nitrogens with one attached hydrogen (secondary N) is 1. The summed E-state index contributed by atoms with van der Waals surface area (Å²) < 4.78 is 0. The van der Waals surface area contributed by atoms with Crippen LogP contribution in [0, 0.1) is 10.1 Å². The summed E-state index contributed by atoms with van der Waals surface area (Å²) >= 11 is 0. The van der Waals surface area contributed by atoms with E-state index in [9.17, 15) is 14.9 Å². The van der Waals surface area contributed by atoms with Gasteiger partial charge < -0.3 is 10.2 Å². The van der Waals surface area contributed by atoms with Gasteiger partial charge in [-0.15, -0.1) is 12.4 Å². The molecule has 7 heteroatoms. The zero-order valence-electron chi connectivity index (χ0n) is 15.8. The van der Waals surface area contributed by atoms with Crippen LogP contribution in [0.1, 0.15) is 62.4 Å². The minimum absolute atomic E-state index is 0. The average Bonchev–Trinajstić information content (AvgIpc) is 2.90. The zero-order valence-corrected chi connectivity index (χ0v) is 16.6. The molecule has 2 saturated heterocycles. The highest BCUT2D eigenvalue weighted by Gasteiger charge is 2.37. The van der Waals surface area contributed by atoms with Crippen LogP contribution in [0.3, 0.4) is 0 Å². The summed E-state index contributed by atoms with van der Waals surface area (Å²) in [4.78, 5) is 25.8. The van der Waals surface area contributed by atoms with Crippen LogP contribution in [0.4, 0.5) is 5.69 Å². The predicted octanol–water partition coefficient (Wildman–Crippen LogP) is 3.67. The summed E-state index contributed by atoms with van der Waals surface area (Å²) in [6.45, 7) is 5.81. The Labute approximate surface area is 160 Å². The van der Waals surface area contributed by atoms with Gasteiger partial charge in [0.05, 0.1) is 4.92 Å². The molecule has 1 aromatic carbocycles. The van der Waals surface area contributed by atoms with Crippen LogP contribution in [0.15, 0.2) is 18.2 Å². The third kappa shape index (κ3) is 4.01. The molecule has 144 valence electrons. The molecular weight excluding hydrogens is 354 g/mol. The summed E-state index contributed by atoms with van der Waals surface area (Å²) in [5.74, 6) is -0.130. The molecule has 26 heavy (non-hydrogen) atoms. The third-order valence-corrected chi connectivity index (χ3v) is 5.57. The van der Waals surface area contributed by atoms with E-state index in [0.717, 1.165) is 12.8 Å². The van der Waals surface area contributed by atoms with E-state index in [1.807, 2.05) is 27.8 Å². The van der Waals surface area contributed by atoms with Crippen molar-refractivity contribution in [3.05, 3.63) is 39.4 Å². The van der Waals surface area contributed by atoms with Crippen LogP contribution in [0.2, 0.25) is 0 Å². The van der Waals surface area contributed by atoms with Crippen molar-refractivity contribution in [3.8, 4) is 0 Å². The Morgan fingerprint density at radius 2 is 1.81 bits per heavy atom. The fraction of sp³-hybridized carbons (Fsp3) is 0.632. The first kappa shape index (κ1) is 20.6. The number of amides is 1. The van der Waals surface area contributed by atoms with Crippen LogP contribution in [0.25, 0.3) is 0 Å². The number of nitro benzene ring substituents is 1. The van der Waals surface area contributed by atoms with Crippen LogP contribution in [0.5, 0.6) is 0 Å². The molecule has 2 heterocycles. The van der Waals surface area contributed by atoms with Crippen molar-refractivity contribution in [2.75, 3.05) is 7.05 Å². The molecule has 2 atom stereocenters. The lowest BCUT2D eigenvalue weighted by atomic mass is 9.85. The molecule has 2 bridgehead atoms. The zero-order chi connectivity index (χ0) is 18.4. The van der Waals surface area contributed by atoms with Crippen LogP contribution < -0.4 is 5.32 Å². The predicted molar refractivity (Wildman–Crippen MR) is 104 cm³/mol. The van der Waals surface area contributed by atoms with Gasteiger partial charge in [-0.3, -0.25) is 14.9 Å². The lowest BCUT2D eigenvalue weighted by Gasteiger charge is -2.35. The van der Waals surface area contributed by atoms with E-state index in [4.69, 9.17) is 0 Å². The Morgan fingerprint density at radius 3 is 2.31 bits per heavy atom. The molecule has 2 unspecified atom stereocenters. The highest BCUT2D eigenvalue weighted by molar-refractivity contribution is 5.95. The number of rotatable bonds is 3. The summed E-state index contributed by atoms with van der Waals surface area (Å²) in [7, 11) is 1.82. The molecule has 3 rings (SSSR count). The molecule has 0 spiro atoms. The first-order chi connectivity index (χ1) is 11.7. The normalized spacial score (nSPS) is 24.7. The number of hydrogen-bond donors (Lipinski definition) is 1. The van der Waals surface area contributed by atoms with Crippen LogP contribution in [-0.2, 0) is 5.41 Å². The second-order valence-electron chi connectivity index (χ2n) is 8.42. The van der Waals surface area contributed by atoms with Crippen molar-refractivity contribution in [2.45, 2.75) is 70.0 Å². The van der Waals surface area contributed by atoms with Crippen molar-refractivity contribution in [2.24, 2.45) is 0 Å². The first-order valence-electron chi connectivity index (χ1n) is 8.99. The number of nitrogens with zero attached hydrogens (tertiary/aromatic N) is 2. The molecule has 0 saturated carbocycles. The molecule has 2 aliphatic rings. The van der Waals surface area contributed by atoms with Gasteiger partial charge in [0, 0.05) is 42.4 Å². The summed E-state index contributed by atoms with van der Waals surface area (Å²) in [5, 5.41) is 15.1. The Hall–Kier alpha value is -1.66. The number of halogens is 1. The van der Waals surface area contributed by atoms with Gasteiger partial charge in [0.25, 0.3) is 11.6 Å². The summed E-state index contributed by atoms with van der Waals surface area (Å²) in [5.41, 5.74) is 0.728. The molecule has 1 aromatic rings. The van der Waals surface area contributed by atoms with Gasteiger partial charge >= 0.3 is 0 Å². The maximum Gasteiger partial charge on any atom is 0.273 e. The Bertz CT molecular complexity index is 690. The van der Waals surface area contributed by atoms with E-state index in [0.29, 0.717) is 23.2 Å². The average molecular weight is 382 g/mol. The fourth-order valence-corrected chi connectivity index (χ4v) is 4.16. The smallest absolute Gasteiger partial charge is 0.273 e. The number of nitro groups is 1. The van der Waals surface area contributed by atoms with E-state index < -0.39 is 0 Å². The van der Waals surface area contributed by atoms with Crippen molar-refractivity contribution in [1.29, 1.82) is 0 Å². The van der Waals surface area contributed by atoms with Gasteiger partial charge in [0.1, 0.15) is 0 Å². The van der Waals surface area contributed by atoms with E-state index in [1.54, 1.807) is 17.0 Å². The van der Waals surface area contributed by atoms with Crippen LogP contribution >= 0.6 is 12.4 Å². The Balaban J connectivity index is 0.00000243. The maximum atomic E-state index is 12.9. The number of fused-ring (bicyclic) bond motifs is 2. The van der Waals surface area contributed by atoms with Gasteiger partial charge in [0.2, 0.25) is 0 Å². The highest BCUT2D eigenvalue weighted by Crippen LogP contribution is 2.33. The molecule has 0 aliphatic carbocycles. The second-order valence-corrected chi connectivity index (χ2v) is 8.42. The van der Waals surface area contributed by atoms with Crippen molar-refractivity contribution >= 4 is 24.0 Å². The lowest BCUT2D eigenvalue weighted by Crippen LogP contribution is -2.48. The van der Waals surface area contributed by atoms with Gasteiger partial charge in [-0.25, -0.2) is 0 Å². The van der Waals surface area contributed by atoms with Crippen LogP contribution in [-0.4, -0.2) is 40.9 Å². The lowest BCUT2D eigenvalue weighted by molar-refractivity contribution is -0.386. The van der Waals surface area contributed by atoms with Crippen molar-refractivity contribution in [3.63, 3.8) is 0 Å². The number of benzene rings is 1. The number of hydrogen-bond acceptors (Lipinski definition) is 4. The largest absolute Gasteiger partial charge is 0.339 e. The topological polar surface area (TPSA) is 75.5 Å². The van der Waals surface area contributed by atoms with Gasteiger partial charge in [0.15, 0.2) is 0 Å². The molecule has 1 N–H and O–H groups in total. The second kappa shape index (κ2) is 7.53. The Kier molecular flexibility index (Phi) is 5.98. The standard InChI is InChI=1S/C19H27N3O3.ClH/c1-19(2,3)16-8-5-12(9-17(16)22(24)25)18(23)21(4)15-10-13-6-7-14(11-15)20-13;/h5,8-9,13-15,20H,6-7,10-11H2,1-4H3;1H. The van der Waals surface area contributed by atoms with E-state index in [2.05, 4.69) is 5.32 Å². The molecule has 6 nitrogen and oxygen atoms in total. The minimum atomic E-state index is -0.387. The monoisotopic (exact) mass is 381 g/mol. The Morgan fingerprint density at radius 1 is 1.23 bits per heavy atom. The van der Waals surface area contributed by atoms with E-state index >= 15 is 0 Å². The molecule has 0 aromatic heterocycles. The fourth-order valence-electron chi connectivity index (χ4n) is 4.16. The molecule has 0 radical (unpaired) electrons. The third-order valence-electron chi connectivity index (χ3n) is 5.57. The van der Waals surface area contributed by atoms with Crippen molar-refractivity contribution in [1.82, 2.24) is 10.2 Å². The summed E-state index contributed by atoms with van der Waals surface area (Å²) in [6.07, 6.45) is 4.27. The van der Waals surface area contributed by atoms with E-state index in [1.165, 1.54) is 18.9 Å². The summed E-state index contributed by atoms with van der Waals surface area (Å²) in [6, 6.07) is 6.09.